The standard InChI is InChI=1S/C6H11NO2/c1-2-4-3-5(4)7-6(8)9/h4-5,7H,2-3H2,1H3,(H,8,9)/t4-,5-/m1/s1. The molecule has 0 unspecified atom stereocenters. The van der Waals surface area contributed by atoms with Gasteiger partial charge in [-0.25, -0.2) is 4.79 Å². The van der Waals surface area contributed by atoms with Crippen LogP contribution in [0.5, 0.6) is 0 Å². The van der Waals surface area contributed by atoms with Gasteiger partial charge in [-0.15, -0.1) is 0 Å². The SMILES string of the molecule is CC[C@@H]1C[C@H]1NC(=O)O. The average Bonchev–Trinajstić information content (AvgIpc) is 2.45. The van der Waals surface area contributed by atoms with Crippen molar-refractivity contribution in [3.8, 4) is 0 Å². The summed E-state index contributed by atoms with van der Waals surface area (Å²) < 4.78 is 0. The number of amides is 1. The molecule has 9 heavy (non-hydrogen) atoms. The van der Waals surface area contributed by atoms with Crippen molar-refractivity contribution in [3.63, 3.8) is 0 Å². The van der Waals surface area contributed by atoms with E-state index >= 15 is 0 Å². The van der Waals surface area contributed by atoms with E-state index in [1.807, 2.05) is 0 Å². The quantitative estimate of drug-likeness (QED) is 0.585. The van der Waals surface area contributed by atoms with Crippen LogP contribution in [0.2, 0.25) is 0 Å². The zero-order valence-electron chi connectivity index (χ0n) is 5.42. The van der Waals surface area contributed by atoms with E-state index in [1.165, 1.54) is 0 Å². The zero-order chi connectivity index (χ0) is 6.85. The van der Waals surface area contributed by atoms with Crippen LogP contribution in [0.1, 0.15) is 19.8 Å². The highest BCUT2D eigenvalue weighted by atomic mass is 16.4. The molecule has 0 radical (unpaired) electrons. The number of rotatable bonds is 2. The minimum Gasteiger partial charge on any atom is -0.465 e. The smallest absolute Gasteiger partial charge is 0.404 e. The van der Waals surface area contributed by atoms with Crippen LogP contribution in [0.25, 0.3) is 0 Å². The van der Waals surface area contributed by atoms with E-state index < -0.39 is 6.09 Å². The fourth-order valence-corrected chi connectivity index (χ4v) is 1.03. The number of carbonyl (C=O) groups is 1. The van der Waals surface area contributed by atoms with Gasteiger partial charge in [0.2, 0.25) is 0 Å². The lowest BCUT2D eigenvalue weighted by molar-refractivity contribution is 0.193. The van der Waals surface area contributed by atoms with Gasteiger partial charge in [0.25, 0.3) is 0 Å². The summed E-state index contributed by atoms with van der Waals surface area (Å²) in [5.41, 5.74) is 0. The average molecular weight is 129 g/mol. The minimum absolute atomic E-state index is 0.257. The molecule has 52 valence electrons. The molecule has 1 amide bonds. The Hall–Kier alpha value is -0.730. The van der Waals surface area contributed by atoms with Gasteiger partial charge >= 0.3 is 6.09 Å². The van der Waals surface area contributed by atoms with Gasteiger partial charge in [0.05, 0.1) is 0 Å². The van der Waals surface area contributed by atoms with Crippen LogP contribution >= 0.6 is 0 Å². The molecule has 3 nitrogen and oxygen atoms in total. The third kappa shape index (κ3) is 1.59. The summed E-state index contributed by atoms with van der Waals surface area (Å²) in [6.45, 7) is 2.08. The molecule has 0 saturated heterocycles. The summed E-state index contributed by atoms with van der Waals surface area (Å²) in [5.74, 6) is 0.612. The molecule has 1 saturated carbocycles. The number of hydrogen-bond acceptors (Lipinski definition) is 1. The lowest BCUT2D eigenvalue weighted by Gasteiger charge is -1.94. The van der Waals surface area contributed by atoms with Crippen LogP contribution in [0.4, 0.5) is 4.79 Å². The van der Waals surface area contributed by atoms with Gasteiger partial charge < -0.3 is 10.4 Å². The van der Waals surface area contributed by atoms with Crippen molar-refractivity contribution in [2.45, 2.75) is 25.8 Å². The van der Waals surface area contributed by atoms with Crippen molar-refractivity contribution >= 4 is 6.09 Å². The first-order valence-electron chi connectivity index (χ1n) is 3.23. The Kier molecular flexibility index (Phi) is 1.60. The van der Waals surface area contributed by atoms with Crippen molar-refractivity contribution in [2.75, 3.05) is 0 Å². The predicted molar refractivity (Wildman–Crippen MR) is 33.3 cm³/mol. The van der Waals surface area contributed by atoms with Gasteiger partial charge in [-0.2, -0.15) is 0 Å². The fourth-order valence-electron chi connectivity index (χ4n) is 1.03. The Morgan fingerprint density at radius 2 is 2.56 bits per heavy atom. The Labute approximate surface area is 54.1 Å². The summed E-state index contributed by atoms with van der Waals surface area (Å²) in [7, 11) is 0. The monoisotopic (exact) mass is 129 g/mol. The van der Waals surface area contributed by atoms with E-state index in [-0.39, 0.29) is 6.04 Å². The Balaban J connectivity index is 2.12. The van der Waals surface area contributed by atoms with Gasteiger partial charge in [-0.1, -0.05) is 13.3 Å². The third-order valence-corrected chi connectivity index (χ3v) is 1.76. The second-order valence-electron chi connectivity index (χ2n) is 2.46. The molecule has 1 aliphatic carbocycles. The highest BCUT2D eigenvalue weighted by molar-refractivity contribution is 5.65. The lowest BCUT2D eigenvalue weighted by Crippen LogP contribution is -2.24. The Morgan fingerprint density at radius 3 is 2.89 bits per heavy atom. The van der Waals surface area contributed by atoms with Crippen LogP contribution in [0.3, 0.4) is 0 Å². The highest BCUT2D eigenvalue weighted by Crippen LogP contribution is 2.32. The molecule has 0 aromatic carbocycles. The fraction of sp³-hybridized carbons (Fsp3) is 0.833. The summed E-state index contributed by atoms with van der Waals surface area (Å²) in [6, 6.07) is 0.257. The summed E-state index contributed by atoms with van der Waals surface area (Å²) >= 11 is 0. The second-order valence-corrected chi connectivity index (χ2v) is 2.46. The van der Waals surface area contributed by atoms with E-state index in [2.05, 4.69) is 12.2 Å². The largest absolute Gasteiger partial charge is 0.465 e. The normalized spacial score (nSPS) is 31.7. The molecule has 0 aliphatic heterocycles. The molecule has 1 fully saturated rings. The molecular formula is C6H11NO2. The van der Waals surface area contributed by atoms with Gasteiger partial charge in [-0.3, -0.25) is 0 Å². The first-order chi connectivity index (χ1) is 4.24. The summed E-state index contributed by atoms with van der Waals surface area (Å²) in [6.07, 6.45) is 1.23. The van der Waals surface area contributed by atoms with Gasteiger partial charge in [0.15, 0.2) is 0 Å². The molecule has 2 atom stereocenters. The Bertz CT molecular complexity index is 124. The molecule has 1 aliphatic rings. The van der Waals surface area contributed by atoms with Crippen molar-refractivity contribution in [3.05, 3.63) is 0 Å². The third-order valence-electron chi connectivity index (χ3n) is 1.76. The maximum Gasteiger partial charge on any atom is 0.404 e. The van der Waals surface area contributed by atoms with E-state index in [0.29, 0.717) is 5.92 Å². The molecule has 0 aromatic rings. The highest BCUT2D eigenvalue weighted by Gasteiger charge is 2.36. The van der Waals surface area contributed by atoms with Crippen LogP contribution in [0.15, 0.2) is 0 Å². The van der Waals surface area contributed by atoms with Crippen molar-refractivity contribution < 1.29 is 9.90 Å². The first-order valence-corrected chi connectivity index (χ1v) is 3.23. The van der Waals surface area contributed by atoms with E-state index in [0.717, 1.165) is 12.8 Å². The molecular weight excluding hydrogens is 118 g/mol. The summed E-state index contributed by atoms with van der Waals surface area (Å²) in [5, 5.41) is 10.7. The maximum absolute atomic E-state index is 10.0. The van der Waals surface area contributed by atoms with Gasteiger partial charge in [0.1, 0.15) is 0 Å². The van der Waals surface area contributed by atoms with Crippen LogP contribution in [0, 0.1) is 5.92 Å². The molecule has 1 rings (SSSR count). The van der Waals surface area contributed by atoms with Crippen molar-refractivity contribution in [1.82, 2.24) is 5.32 Å². The molecule has 3 heteroatoms. The van der Waals surface area contributed by atoms with Crippen LogP contribution < -0.4 is 5.32 Å². The number of hydrogen-bond donors (Lipinski definition) is 2. The first kappa shape index (κ1) is 6.39. The van der Waals surface area contributed by atoms with Crippen molar-refractivity contribution in [1.29, 1.82) is 0 Å². The minimum atomic E-state index is -0.893. The van der Waals surface area contributed by atoms with E-state index in [1.54, 1.807) is 0 Å². The van der Waals surface area contributed by atoms with E-state index in [4.69, 9.17) is 5.11 Å². The number of nitrogens with one attached hydrogen (secondary N) is 1. The molecule has 0 spiro atoms. The Morgan fingerprint density at radius 1 is 1.89 bits per heavy atom. The summed E-state index contributed by atoms with van der Waals surface area (Å²) in [4.78, 5) is 10.0. The van der Waals surface area contributed by atoms with Gasteiger partial charge in [0, 0.05) is 6.04 Å². The van der Waals surface area contributed by atoms with Gasteiger partial charge in [-0.05, 0) is 12.3 Å². The van der Waals surface area contributed by atoms with Crippen LogP contribution in [-0.4, -0.2) is 17.2 Å². The second kappa shape index (κ2) is 2.25. The molecule has 0 bridgehead atoms. The predicted octanol–water partition coefficient (Wildman–Crippen LogP) is 1.05. The number of carboxylic acid groups (broad SMARTS) is 1. The molecule has 2 N–H and O–H groups in total. The van der Waals surface area contributed by atoms with E-state index in [9.17, 15) is 4.79 Å². The topological polar surface area (TPSA) is 49.3 Å². The van der Waals surface area contributed by atoms with Crippen LogP contribution in [-0.2, 0) is 0 Å². The molecule has 0 aromatic heterocycles. The molecule has 0 heterocycles. The lowest BCUT2D eigenvalue weighted by atomic mass is 10.3. The van der Waals surface area contributed by atoms with Crippen molar-refractivity contribution in [2.24, 2.45) is 5.92 Å². The zero-order valence-corrected chi connectivity index (χ0v) is 5.42. The maximum atomic E-state index is 10.0.